The first-order valence-electron chi connectivity index (χ1n) is 13.8. The van der Waals surface area contributed by atoms with Gasteiger partial charge in [0, 0.05) is 41.9 Å². The van der Waals surface area contributed by atoms with Crippen molar-refractivity contribution < 1.29 is 27.4 Å². The molecule has 1 aromatic carbocycles. The molecule has 0 aliphatic carbocycles. The minimum Gasteiger partial charge on any atom is -0.755 e. The van der Waals surface area contributed by atoms with Gasteiger partial charge in [-0.3, -0.25) is 13.3 Å². The van der Waals surface area contributed by atoms with E-state index in [1.165, 1.54) is 12.1 Å². The molecule has 3 atom stereocenters. The number of carbonyl (C=O) groups is 1. The molecule has 2 aromatic rings. The topological polar surface area (TPSA) is 117 Å². The van der Waals surface area contributed by atoms with Crippen molar-refractivity contribution in [2.24, 2.45) is 0 Å². The van der Waals surface area contributed by atoms with E-state index in [9.17, 15) is 17.9 Å². The molecule has 1 aliphatic heterocycles. The zero-order valence-electron chi connectivity index (χ0n) is 24.1. The highest BCUT2D eigenvalue weighted by Gasteiger charge is 2.35. The molecule has 0 spiro atoms. The summed E-state index contributed by atoms with van der Waals surface area (Å²) in [6.45, 7) is 12.1. The number of anilines is 1. The fourth-order valence-corrected chi connectivity index (χ4v) is 5.04. The first kappa shape index (κ1) is 31.8. The summed E-state index contributed by atoms with van der Waals surface area (Å²) in [5, 5.41) is 2.94. The molecule has 9 nitrogen and oxygen atoms in total. The van der Waals surface area contributed by atoms with Gasteiger partial charge < -0.3 is 19.3 Å². The van der Waals surface area contributed by atoms with Gasteiger partial charge in [0.2, 0.25) is 11.9 Å². The fraction of sp³-hybridized carbons (Fsp3) is 0.552. The number of halogens is 1. The number of amides is 1. The molecule has 1 aliphatic rings. The smallest absolute Gasteiger partial charge is 0.237 e. The van der Waals surface area contributed by atoms with Gasteiger partial charge in [-0.2, -0.15) is 0 Å². The predicted octanol–water partition coefficient (Wildman–Crippen LogP) is 5.26. The van der Waals surface area contributed by atoms with E-state index in [1.54, 1.807) is 19.1 Å². The molecule has 40 heavy (non-hydrogen) atoms. The molecule has 1 fully saturated rings. The Balaban J connectivity index is 2.00. The highest BCUT2D eigenvalue weighted by Crippen LogP contribution is 2.34. The van der Waals surface area contributed by atoms with Crippen LogP contribution in [-0.2, 0) is 25.5 Å². The summed E-state index contributed by atoms with van der Waals surface area (Å²) in [7, 11) is 0. The number of unbranched alkanes of at least 4 members (excludes halogenated alkanes) is 1. The Kier molecular flexibility index (Phi) is 11.3. The molecule has 1 aromatic heterocycles. The third-order valence-corrected chi connectivity index (χ3v) is 7.22. The Morgan fingerprint density at radius 3 is 2.55 bits per heavy atom. The number of rotatable bonds is 12. The van der Waals surface area contributed by atoms with Crippen LogP contribution in [0.2, 0.25) is 0 Å². The van der Waals surface area contributed by atoms with Crippen LogP contribution in [0.25, 0.3) is 17.3 Å². The standard InChI is InChI=1S/C29H41FN4O5S/c1-7-9-16-31-25(35)18-23-17-22(38-29(5,6)39-23)14-15-24-26(19(3)4)32-28(34(8-2)40(36)37)33-27(24)20-10-12-21(30)13-11-20/h10-15,19,22-23H,7-9,16-18H2,1-6H3,(H,31,35)(H,36,37)/p-1/b15-14+/t22-,23-/m1/s1. The second-order valence-corrected chi connectivity index (χ2v) is 11.4. The Hall–Kier alpha value is -2.73. The van der Waals surface area contributed by atoms with Gasteiger partial charge in [0.15, 0.2) is 5.79 Å². The zero-order chi connectivity index (χ0) is 29.4. The molecule has 1 amide bonds. The molecule has 2 heterocycles. The SMILES string of the molecule is CCCCNC(=O)C[C@H]1C[C@@H](/C=C/c2c(-c3ccc(F)cc3)nc(N(CC)S(=O)[O-])nc2C(C)C)OC(C)(C)O1. The van der Waals surface area contributed by atoms with Crippen molar-refractivity contribution in [2.45, 2.75) is 91.1 Å². The van der Waals surface area contributed by atoms with E-state index in [4.69, 9.17) is 9.47 Å². The van der Waals surface area contributed by atoms with Crippen LogP contribution in [0.3, 0.4) is 0 Å². The number of hydrogen-bond acceptors (Lipinski definition) is 7. The summed E-state index contributed by atoms with van der Waals surface area (Å²) in [6.07, 6.45) is 5.71. The Labute approximate surface area is 239 Å². The van der Waals surface area contributed by atoms with E-state index in [2.05, 4.69) is 22.2 Å². The first-order chi connectivity index (χ1) is 18.9. The van der Waals surface area contributed by atoms with Gasteiger partial charge in [0.05, 0.1) is 30.0 Å². The average Bonchev–Trinajstić information content (AvgIpc) is 2.87. The van der Waals surface area contributed by atoms with Gasteiger partial charge in [0.25, 0.3) is 0 Å². The molecule has 3 rings (SSSR count). The maximum atomic E-state index is 13.8. The summed E-state index contributed by atoms with van der Waals surface area (Å²) in [5.41, 5.74) is 2.42. The van der Waals surface area contributed by atoms with Crippen LogP contribution in [0.5, 0.6) is 0 Å². The second kappa shape index (κ2) is 14.2. The van der Waals surface area contributed by atoms with E-state index in [1.807, 2.05) is 39.8 Å². The summed E-state index contributed by atoms with van der Waals surface area (Å²) >= 11 is -2.57. The molecular weight excluding hydrogens is 535 g/mol. The number of nitrogens with one attached hydrogen (secondary N) is 1. The van der Waals surface area contributed by atoms with Crippen molar-refractivity contribution >= 4 is 29.2 Å². The van der Waals surface area contributed by atoms with Crippen molar-refractivity contribution in [1.29, 1.82) is 0 Å². The molecule has 0 saturated carbocycles. The van der Waals surface area contributed by atoms with Crippen LogP contribution in [-0.4, -0.2) is 55.7 Å². The molecule has 0 bridgehead atoms. The second-order valence-electron chi connectivity index (χ2n) is 10.5. The van der Waals surface area contributed by atoms with Crippen LogP contribution in [0.1, 0.15) is 84.4 Å². The zero-order valence-corrected chi connectivity index (χ0v) is 24.9. The highest BCUT2D eigenvalue weighted by atomic mass is 32.2. The quantitative estimate of drug-likeness (QED) is 0.271. The largest absolute Gasteiger partial charge is 0.755 e. The van der Waals surface area contributed by atoms with Crippen molar-refractivity contribution in [2.75, 3.05) is 17.4 Å². The predicted molar refractivity (Wildman–Crippen MR) is 153 cm³/mol. The van der Waals surface area contributed by atoms with E-state index in [0.29, 0.717) is 35.5 Å². The summed E-state index contributed by atoms with van der Waals surface area (Å²) in [5.74, 6) is -1.38. The lowest BCUT2D eigenvalue weighted by Crippen LogP contribution is -2.45. The van der Waals surface area contributed by atoms with Crippen LogP contribution in [0.15, 0.2) is 30.3 Å². The normalized spacial score (nSPS) is 19.6. The Bertz CT molecular complexity index is 1210. The van der Waals surface area contributed by atoms with Crippen molar-refractivity contribution in [3.63, 3.8) is 0 Å². The third-order valence-electron chi connectivity index (χ3n) is 6.44. The minimum atomic E-state index is -2.57. The lowest BCUT2D eigenvalue weighted by molar-refractivity contribution is -0.289. The van der Waals surface area contributed by atoms with Gasteiger partial charge in [-0.05, 0) is 57.4 Å². The Morgan fingerprint density at radius 1 is 1.25 bits per heavy atom. The molecule has 1 saturated heterocycles. The average molecular weight is 576 g/mol. The monoisotopic (exact) mass is 575 g/mol. The number of benzene rings is 1. The molecule has 220 valence electrons. The molecule has 0 radical (unpaired) electrons. The lowest BCUT2D eigenvalue weighted by Gasteiger charge is -2.39. The van der Waals surface area contributed by atoms with Crippen LogP contribution < -0.4 is 9.62 Å². The molecule has 11 heteroatoms. The van der Waals surface area contributed by atoms with Gasteiger partial charge in [0.1, 0.15) is 5.82 Å². The summed E-state index contributed by atoms with van der Waals surface area (Å²) < 4.78 is 50.8. The maximum Gasteiger partial charge on any atom is 0.237 e. The van der Waals surface area contributed by atoms with Crippen molar-refractivity contribution in [3.05, 3.63) is 47.4 Å². The lowest BCUT2D eigenvalue weighted by atomic mass is 9.97. The third kappa shape index (κ3) is 8.63. The van der Waals surface area contributed by atoms with Gasteiger partial charge in [-0.25, -0.2) is 14.4 Å². The van der Waals surface area contributed by atoms with Crippen molar-refractivity contribution in [3.8, 4) is 11.3 Å². The fourth-order valence-electron chi connectivity index (χ4n) is 4.61. The number of nitrogens with zero attached hydrogens (tertiary/aromatic N) is 3. The molecular formula is C29H40FN4O5S-. The van der Waals surface area contributed by atoms with Crippen molar-refractivity contribution in [1.82, 2.24) is 15.3 Å². The number of hydrogen-bond donors (Lipinski definition) is 1. The van der Waals surface area contributed by atoms with E-state index in [-0.39, 0.29) is 42.9 Å². The maximum absolute atomic E-state index is 13.8. The number of carbonyl (C=O) groups excluding carboxylic acids is 1. The molecule has 1 N–H and O–H groups in total. The number of aromatic nitrogens is 2. The van der Waals surface area contributed by atoms with E-state index >= 15 is 0 Å². The van der Waals surface area contributed by atoms with Crippen LogP contribution in [0.4, 0.5) is 10.3 Å². The van der Waals surface area contributed by atoms with Gasteiger partial charge in [-0.1, -0.05) is 39.3 Å². The summed E-state index contributed by atoms with van der Waals surface area (Å²) in [6, 6.07) is 5.88. The molecule has 1 unspecified atom stereocenters. The van der Waals surface area contributed by atoms with E-state index in [0.717, 1.165) is 17.1 Å². The minimum absolute atomic E-state index is 0.0496. The number of ether oxygens (including phenoxy) is 2. The first-order valence-corrected chi connectivity index (χ1v) is 14.8. The van der Waals surface area contributed by atoms with E-state index < -0.39 is 22.9 Å². The van der Waals surface area contributed by atoms with Gasteiger partial charge >= 0.3 is 0 Å². The van der Waals surface area contributed by atoms with Crippen LogP contribution >= 0.6 is 0 Å². The summed E-state index contributed by atoms with van der Waals surface area (Å²) in [4.78, 5) is 21.7. The van der Waals surface area contributed by atoms with Gasteiger partial charge in [-0.15, -0.1) is 0 Å². The highest BCUT2D eigenvalue weighted by molar-refractivity contribution is 7.80. The van der Waals surface area contributed by atoms with Crippen LogP contribution in [0, 0.1) is 5.82 Å². The Morgan fingerprint density at radius 2 is 1.95 bits per heavy atom.